The van der Waals surface area contributed by atoms with Crippen molar-refractivity contribution < 1.29 is 29.4 Å². The standard InChI is InChI=1S/C14H25N3O6/c1-7(2)6-10(12(19)16-8(3)13(20)21)17-11(18)5-4-9(15)14(22)23/h7-10H,4-6,15H2,1-3H3,(H,16,19)(H,17,18)(H,20,21)(H,22,23)/t8-,9-,10-/m0/s1. The molecule has 0 aliphatic carbocycles. The minimum atomic E-state index is -1.20. The summed E-state index contributed by atoms with van der Waals surface area (Å²) >= 11 is 0. The molecule has 0 saturated heterocycles. The van der Waals surface area contributed by atoms with Crippen LogP contribution >= 0.6 is 0 Å². The normalized spacial score (nSPS) is 14.7. The van der Waals surface area contributed by atoms with Crippen LogP contribution in [0, 0.1) is 5.92 Å². The highest BCUT2D eigenvalue weighted by Gasteiger charge is 2.25. The van der Waals surface area contributed by atoms with Crippen molar-refractivity contribution in [2.75, 3.05) is 0 Å². The smallest absolute Gasteiger partial charge is 0.325 e. The van der Waals surface area contributed by atoms with Crippen molar-refractivity contribution in [1.82, 2.24) is 10.6 Å². The second kappa shape index (κ2) is 9.78. The van der Waals surface area contributed by atoms with Crippen LogP contribution in [-0.2, 0) is 19.2 Å². The summed E-state index contributed by atoms with van der Waals surface area (Å²) in [5.41, 5.74) is 5.31. The van der Waals surface area contributed by atoms with E-state index in [0.29, 0.717) is 6.42 Å². The Morgan fingerprint density at radius 1 is 1.00 bits per heavy atom. The van der Waals surface area contributed by atoms with Crippen LogP contribution in [0.3, 0.4) is 0 Å². The lowest BCUT2D eigenvalue weighted by Gasteiger charge is -2.21. The highest BCUT2D eigenvalue weighted by atomic mass is 16.4. The van der Waals surface area contributed by atoms with Gasteiger partial charge in [0.15, 0.2) is 0 Å². The van der Waals surface area contributed by atoms with E-state index < -0.39 is 41.9 Å². The van der Waals surface area contributed by atoms with Gasteiger partial charge in [0.25, 0.3) is 0 Å². The van der Waals surface area contributed by atoms with Crippen LogP contribution in [0.2, 0.25) is 0 Å². The molecule has 0 aliphatic rings. The van der Waals surface area contributed by atoms with Crippen molar-refractivity contribution in [3.8, 4) is 0 Å². The monoisotopic (exact) mass is 331 g/mol. The third-order valence-corrected chi connectivity index (χ3v) is 3.09. The zero-order valence-electron chi connectivity index (χ0n) is 13.5. The lowest BCUT2D eigenvalue weighted by molar-refractivity contribution is -0.141. The highest BCUT2D eigenvalue weighted by molar-refractivity contribution is 5.90. The maximum Gasteiger partial charge on any atom is 0.325 e. The van der Waals surface area contributed by atoms with Gasteiger partial charge in [0.1, 0.15) is 18.1 Å². The number of hydrogen-bond acceptors (Lipinski definition) is 5. The lowest BCUT2D eigenvalue weighted by Crippen LogP contribution is -2.51. The molecule has 132 valence electrons. The van der Waals surface area contributed by atoms with Crippen LogP contribution in [0.1, 0.15) is 40.0 Å². The van der Waals surface area contributed by atoms with E-state index in [-0.39, 0.29) is 18.8 Å². The predicted molar refractivity (Wildman–Crippen MR) is 81.5 cm³/mol. The van der Waals surface area contributed by atoms with E-state index in [0.717, 1.165) is 0 Å². The summed E-state index contributed by atoms with van der Waals surface area (Å²) in [6.45, 7) is 5.03. The summed E-state index contributed by atoms with van der Waals surface area (Å²) in [6, 6.07) is -3.11. The number of nitrogens with two attached hydrogens (primary N) is 1. The maximum atomic E-state index is 12.1. The Balaban J connectivity index is 4.65. The minimum absolute atomic E-state index is 0.0529. The summed E-state index contributed by atoms with van der Waals surface area (Å²) in [5.74, 6) is -3.40. The number of hydrogen-bond donors (Lipinski definition) is 5. The summed E-state index contributed by atoms with van der Waals surface area (Å²) in [4.78, 5) is 45.3. The van der Waals surface area contributed by atoms with Gasteiger partial charge in [0.05, 0.1) is 0 Å². The molecule has 0 fully saturated rings. The van der Waals surface area contributed by atoms with Crippen molar-refractivity contribution >= 4 is 23.8 Å². The molecule has 9 nitrogen and oxygen atoms in total. The molecule has 3 atom stereocenters. The van der Waals surface area contributed by atoms with Crippen molar-refractivity contribution in [2.24, 2.45) is 11.7 Å². The van der Waals surface area contributed by atoms with Gasteiger partial charge < -0.3 is 26.6 Å². The number of carboxylic acids is 2. The summed E-state index contributed by atoms with van der Waals surface area (Å²) in [7, 11) is 0. The third-order valence-electron chi connectivity index (χ3n) is 3.09. The average molecular weight is 331 g/mol. The van der Waals surface area contributed by atoms with Gasteiger partial charge >= 0.3 is 11.9 Å². The molecule has 0 spiro atoms. The Morgan fingerprint density at radius 3 is 2.00 bits per heavy atom. The van der Waals surface area contributed by atoms with Crippen LogP contribution in [0.25, 0.3) is 0 Å². The molecule has 0 aromatic carbocycles. The number of nitrogens with one attached hydrogen (secondary N) is 2. The molecule has 0 rings (SSSR count). The van der Waals surface area contributed by atoms with Crippen LogP contribution in [0.4, 0.5) is 0 Å². The molecule has 2 amide bonds. The first-order valence-electron chi connectivity index (χ1n) is 7.35. The number of aliphatic carboxylic acids is 2. The SMILES string of the molecule is CC(C)C[C@H](NC(=O)CC[C@H](N)C(=O)O)C(=O)N[C@@H](C)C(=O)O. The molecule has 0 bridgehead atoms. The molecule has 6 N–H and O–H groups in total. The zero-order chi connectivity index (χ0) is 18.2. The van der Waals surface area contributed by atoms with Crippen LogP contribution in [0.5, 0.6) is 0 Å². The lowest BCUT2D eigenvalue weighted by atomic mass is 10.0. The quantitative estimate of drug-likeness (QED) is 0.354. The third kappa shape index (κ3) is 8.77. The first-order chi connectivity index (χ1) is 10.5. The maximum absolute atomic E-state index is 12.1. The van der Waals surface area contributed by atoms with Crippen LogP contribution < -0.4 is 16.4 Å². The van der Waals surface area contributed by atoms with Gasteiger partial charge in [-0.3, -0.25) is 19.2 Å². The Morgan fingerprint density at radius 2 is 1.57 bits per heavy atom. The largest absolute Gasteiger partial charge is 0.480 e. The Hall–Kier alpha value is -2.16. The Bertz CT molecular complexity index is 452. The molecule has 0 saturated carbocycles. The van der Waals surface area contributed by atoms with E-state index in [1.807, 2.05) is 13.8 Å². The molecular weight excluding hydrogens is 306 g/mol. The summed E-state index contributed by atoms with van der Waals surface area (Å²) in [5, 5.41) is 22.3. The first kappa shape index (κ1) is 20.8. The first-order valence-corrected chi connectivity index (χ1v) is 7.35. The fourth-order valence-corrected chi connectivity index (χ4v) is 1.76. The molecule has 0 unspecified atom stereocenters. The van der Waals surface area contributed by atoms with Gasteiger partial charge in [-0.15, -0.1) is 0 Å². The molecule has 0 radical (unpaired) electrons. The second-order valence-corrected chi connectivity index (χ2v) is 5.80. The van der Waals surface area contributed by atoms with Crippen LogP contribution in [-0.4, -0.2) is 52.1 Å². The van der Waals surface area contributed by atoms with E-state index in [9.17, 15) is 19.2 Å². The molecule has 9 heteroatoms. The molecular formula is C14H25N3O6. The number of rotatable bonds is 10. The average Bonchev–Trinajstić information content (AvgIpc) is 2.42. The second-order valence-electron chi connectivity index (χ2n) is 5.80. The van der Waals surface area contributed by atoms with Crippen molar-refractivity contribution in [3.63, 3.8) is 0 Å². The number of carboxylic acid groups (broad SMARTS) is 2. The fraction of sp³-hybridized carbons (Fsp3) is 0.714. The van der Waals surface area contributed by atoms with Crippen molar-refractivity contribution in [2.45, 2.75) is 58.2 Å². The van der Waals surface area contributed by atoms with Gasteiger partial charge in [-0.05, 0) is 25.7 Å². The highest BCUT2D eigenvalue weighted by Crippen LogP contribution is 2.06. The van der Waals surface area contributed by atoms with Gasteiger partial charge in [0.2, 0.25) is 11.8 Å². The molecule has 0 heterocycles. The number of amides is 2. The number of carbonyl (C=O) groups is 4. The van der Waals surface area contributed by atoms with E-state index >= 15 is 0 Å². The molecule has 0 aliphatic heterocycles. The van der Waals surface area contributed by atoms with E-state index in [1.165, 1.54) is 6.92 Å². The minimum Gasteiger partial charge on any atom is -0.480 e. The summed E-state index contributed by atoms with van der Waals surface area (Å²) < 4.78 is 0. The fourth-order valence-electron chi connectivity index (χ4n) is 1.76. The number of carbonyl (C=O) groups excluding carboxylic acids is 2. The topological polar surface area (TPSA) is 159 Å². The molecule has 0 aromatic rings. The van der Waals surface area contributed by atoms with Gasteiger partial charge in [-0.25, -0.2) is 0 Å². The van der Waals surface area contributed by atoms with E-state index in [4.69, 9.17) is 15.9 Å². The zero-order valence-corrected chi connectivity index (χ0v) is 13.5. The van der Waals surface area contributed by atoms with E-state index in [2.05, 4.69) is 10.6 Å². The summed E-state index contributed by atoms with van der Waals surface area (Å²) in [6.07, 6.45) is 0.140. The van der Waals surface area contributed by atoms with Gasteiger partial charge in [0, 0.05) is 6.42 Å². The Kier molecular flexibility index (Phi) is 8.86. The molecule has 0 aromatic heterocycles. The van der Waals surface area contributed by atoms with Gasteiger partial charge in [-0.2, -0.15) is 0 Å². The van der Waals surface area contributed by atoms with Crippen molar-refractivity contribution in [3.05, 3.63) is 0 Å². The van der Waals surface area contributed by atoms with Gasteiger partial charge in [-0.1, -0.05) is 13.8 Å². The van der Waals surface area contributed by atoms with E-state index in [1.54, 1.807) is 0 Å². The predicted octanol–water partition coefficient (Wildman–Crippen LogP) is -0.701. The van der Waals surface area contributed by atoms with Crippen molar-refractivity contribution in [1.29, 1.82) is 0 Å². The Labute approximate surface area is 134 Å². The van der Waals surface area contributed by atoms with Crippen LogP contribution in [0.15, 0.2) is 0 Å². The molecule has 23 heavy (non-hydrogen) atoms.